The zero-order valence-corrected chi connectivity index (χ0v) is 8.40. The standard InChI is InChI=1S/C11H18N2/c1-9(2)6-11(12)7-10-4-3-5-13-8-10/h3-5,8-9,11H,6-7,12H2,1-2H3/t11-/m0/s1. The van der Waals surface area contributed by atoms with E-state index in [2.05, 4.69) is 24.9 Å². The summed E-state index contributed by atoms with van der Waals surface area (Å²) in [5.74, 6) is 0.673. The Hall–Kier alpha value is -0.890. The van der Waals surface area contributed by atoms with Gasteiger partial charge in [-0.15, -0.1) is 0 Å². The van der Waals surface area contributed by atoms with Crippen LogP contribution in [0.25, 0.3) is 0 Å². The maximum Gasteiger partial charge on any atom is 0.0300 e. The molecule has 1 atom stereocenters. The summed E-state index contributed by atoms with van der Waals surface area (Å²) in [4.78, 5) is 4.06. The van der Waals surface area contributed by atoms with Crippen LogP contribution in [-0.4, -0.2) is 11.0 Å². The van der Waals surface area contributed by atoms with Crippen molar-refractivity contribution in [2.24, 2.45) is 11.7 Å². The van der Waals surface area contributed by atoms with Crippen LogP contribution >= 0.6 is 0 Å². The molecule has 0 saturated carbocycles. The fraction of sp³-hybridized carbons (Fsp3) is 0.545. The van der Waals surface area contributed by atoms with Crippen molar-refractivity contribution < 1.29 is 0 Å². The van der Waals surface area contributed by atoms with Crippen molar-refractivity contribution in [2.75, 3.05) is 0 Å². The van der Waals surface area contributed by atoms with E-state index in [1.54, 1.807) is 6.20 Å². The average Bonchev–Trinajstić information content (AvgIpc) is 2.04. The number of pyridine rings is 1. The minimum atomic E-state index is 0.268. The normalized spacial score (nSPS) is 13.2. The van der Waals surface area contributed by atoms with Crippen LogP contribution in [-0.2, 0) is 6.42 Å². The Kier molecular flexibility index (Phi) is 3.90. The molecule has 1 heterocycles. The first-order valence-electron chi connectivity index (χ1n) is 4.83. The molecule has 1 rings (SSSR count). The second kappa shape index (κ2) is 4.97. The average molecular weight is 178 g/mol. The molecule has 1 aromatic heterocycles. The molecule has 0 fully saturated rings. The summed E-state index contributed by atoms with van der Waals surface area (Å²) in [6.45, 7) is 4.40. The number of nitrogens with zero attached hydrogens (tertiary/aromatic N) is 1. The number of rotatable bonds is 4. The van der Waals surface area contributed by atoms with E-state index >= 15 is 0 Å². The van der Waals surface area contributed by atoms with E-state index in [1.165, 1.54) is 5.56 Å². The molecule has 2 N–H and O–H groups in total. The Bertz CT molecular complexity index is 231. The molecular formula is C11H18N2. The van der Waals surface area contributed by atoms with Crippen molar-refractivity contribution in [2.45, 2.75) is 32.7 Å². The van der Waals surface area contributed by atoms with Crippen LogP contribution in [0.3, 0.4) is 0 Å². The second-order valence-corrected chi connectivity index (χ2v) is 3.96. The third-order valence-corrected chi connectivity index (χ3v) is 1.99. The van der Waals surface area contributed by atoms with Crippen LogP contribution in [0.2, 0.25) is 0 Å². The summed E-state index contributed by atoms with van der Waals surface area (Å²) in [7, 11) is 0. The maximum absolute atomic E-state index is 5.98. The molecule has 0 unspecified atom stereocenters. The molecule has 2 nitrogen and oxygen atoms in total. The molecule has 0 bridgehead atoms. The Balaban J connectivity index is 2.41. The lowest BCUT2D eigenvalue weighted by Gasteiger charge is -2.13. The van der Waals surface area contributed by atoms with E-state index in [-0.39, 0.29) is 6.04 Å². The van der Waals surface area contributed by atoms with E-state index in [1.807, 2.05) is 12.3 Å². The number of aromatic nitrogens is 1. The van der Waals surface area contributed by atoms with Gasteiger partial charge in [-0.05, 0) is 30.4 Å². The van der Waals surface area contributed by atoms with Gasteiger partial charge >= 0.3 is 0 Å². The first-order valence-corrected chi connectivity index (χ1v) is 4.83. The van der Waals surface area contributed by atoms with Gasteiger partial charge in [0.05, 0.1) is 0 Å². The van der Waals surface area contributed by atoms with Crippen LogP contribution in [0.15, 0.2) is 24.5 Å². The van der Waals surface area contributed by atoms with E-state index in [0.29, 0.717) is 5.92 Å². The van der Waals surface area contributed by atoms with Gasteiger partial charge in [-0.1, -0.05) is 19.9 Å². The first-order chi connectivity index (χ1) is 6.18. The largest absolute Gasteiger partial charge is 0.327 e. The summed E-state index contributed by atoms with van der Waals surface area (Å²) in [6.07, 6.45) is 5.69. The fourth-order valence-electron chi connectivity index (χ4n) is 1.51. The monoisotopic (exact) mass is 178 g/mol. The molecular weight excluding hydrogens is 160 g/mol. The molecule has 72 valence electrons. The highest BCUT2D eigenvalue weighted by Crippen LogP contribution is 2.07. The number of hydrogen-bond acceptors (Lipinski definition) is 2. The lowest BCUT2D eigenvalue weighted by Crippen LogP contribution is -2.24. The van der Waals surface area contributed by atoms with Crippen LogP contribution < -0.4 is 5.73 Å². The van der Waals surface area contributed by atoms with Crippen molar-refractivity contribution in [1.29, 1.82) is 0 Å². The molecule has 0 saturated heterocycles. The molecule has 0 radical (unpaired) electrons. The molecule has 0 amide bonds. The van der Waals surface area contributed by atoms with Crippen LogP contribution in [0.5, 0.6) is 0 Å². The summed E-state index contributed by atoms with van der Waals surface area (Å²) in [6, 6.07) is 4.30. The topological polar surface area (TPSA) is 38.9 Å². The predicted molar refractivity (Wildman–Crippen MR) is 55.4 cm³/mol. The summed E-state index contributed by atoms with van der Waals surface area (Å²) in [5, 5.41) is 0. The van der Waals surface area contributed by atoms with E-state index in [9.17, 15) is 0 Å². The maximum atomic E-state index is 5.98. The minimum Gasteiger partial charge on any atom is -0.327 e. The predicted octanol–water partition coefficient (Wildman–Crippen LogP) is 2.00. The van der Waals surface area contributed by atoms with Gasteiger partial charge in [-0.2, -0.15) is 0 Å². The Morgan fingerprint density at radius 3 is 2.77 bits per heavy atom. The highest BCUT2D eigenvalue weighted by Gasteiger charge is 2.05. The van der Waals surface area contributed by atoms with E-state index in [0.717, 1.165) is 12.8 Å². The molecule has 1 aromatic rings. The third kappa shape index (κ3) is 4.04. The summed E-state index contributed by atoms with van der Waals surface area (Å²) >= 11 is 0. The Morgan fingerprint density at radius 2 is 2.23 bits per heavy atom. The van der Waals surface area contributed by atoms with Crippen LogP contribution in [0.1, 0.15) is 25.8 Å². The quantitative estimate of drug-likeness (QED) is 0.766. The van der Waals surface area contributed by atoms with Gasteiger partial charge in [-0.25, -0.2) is 0 Å². The van der Waals surface area contributed by atoms with Gasteiger partial charge in [-0.3, -0.25) is 4.98 Å². The van der Waals surface area contributed by atoms with E-state index in [4.69, 9.17) is 5.73 Å². The lowest BCUT2D eigenvalue weighted by molar-refractivity contribution is 0.493. The van der Waals surface area contributed by atoms with Crippen LogP contribution in [0, 0.1) is 5.92 Å². The van der Waals surface area contributed by atoms with Crippen molar-refractivity contribution in [3.63, 3.8) is 0 Å². The van der Waals surface area contributed by atoms with Gasteiger partial charge < -0.3 is 5.73 Å². The van der Waals surface area contributed by atoms with Crippen molar-refractivity contribution in [1.82, 2.24) is 4.98 Å². The number of hydrogen-bond donors (Lipinski definition) is 1. The van der Waals surface area contributed by atoms with Gasteiger partial charge in [0.2, 0.25) is 0 Å². The highest BCUT2D eigenvalue weighted by atomic mass is 14.6. The summed E-state index contributed by atoms with van der Waals surface area (Å²) in [5.41, 5.74) is 7.21. The van der Waals surface area contributed by atoms with Crippen molar-refractivity contribution >= 4 is 0 Å². The minimum absolute atomic E-state index is 0.268. The highest BCUT2D eigenvalue weighted by molar-refractivity contribution is 5.09. The lowest BCUT2D eigenvalue weighted by atomic mass is 9.99. The van der Waals surface area contributed by atoms with Gasteiger partial charge in [0.25, 0.3) is 0 Å². The number of nitrogens with two attached hydrogens (primary N) is 1. The van der Waals surface area contributed by atoms with Gasteiger partial charge in [0.15, 0.2) is 0 Å². The Labute approximate surface area is 80.2 Å². The molecule has 2 heteroatoms. The van der Waals surface area contributed by atoms with Gasteiger partial charge in [0.1, 0.15) is 0 Å². The zero-order valence-electron chi connectivity index (χ0n) is 8.40. The first kappa shape index (κ1) is 10.2. The molecule has 0 spiro atoms. The molecule has 0 aliphatic heterocycles. The second-order valence-electron chi connectivity index (χ2n) is 3.96. The van der Waals surface area contributed by atoms with Crippen molar-refractivity contribution in [3.05, 3.63) is 30.1 Å². The molecule has 0 aliphatic carbocycles. The van der Waals surface area contributed by atoms with Gasteiger partial charge in [0, 0.05) is 18.4 Å². The molecule has 0 aromatic carbocycles. The fourth-order valence-corrected chi connectivity index (χ4v) is 1.51. The molecule has 0 aliphatic rings. The Morgan fingerprint density at radius 1 is 1.46 bits per heavy atom. The molecule has 13 heavy (non-hydrogen) atoms. The SMILES string of the molecule is CC(C)C[C@H](N)Cc1cccnc1. The van der Waals surface area contributed by atoms with Crippen molar-refractivity contribution in [3.8, 4) is 0 Å². The smallest absolute Gasteiger partial charge is 0.0300 e. The third-order valence-electron chi connectivity index (χ3n) is 1.99. The van der Waals surface area contributed by atoms with E-state index < -0.39 is 0 Å². The summed E-state index contributed by atoms with van der Waals surface area (Å²) < 4.78 is 0. The van der Waals surface area contributed by atoms with Crippen LogP contribution in [0.4, 0.5) is 0 Å². The zero-order chi connectivity index (χ0) is 9.68.